The highest BCUT2D eigenvalue weighted by atomic mass is 16.3. The van der Waals surface area contributed by atoms with Gasteiger partial charge in [0, 0.05) is 30.0 Å². The van der Waals surface area contributed by atoms with E-state index in [0.29, 0.717) is 37.0 Å². The van der Waals surface area contributed by atoms with Crippen molar-refractivity contribution in [1.82, 2.24) is 9.88 Å². The standard InChI is InChI=1S/C36H53N5O4/c1-25(2)33(39-31-17-11-12-18-38-31)35(45)41(23-30(43)20-29(34(37)44)19-26-13-7-6-8-14-26)22-28-16-10-9-15-27(28)21-32(41)40(24-42)36(3,4)5/h6-8,11-14,17-18,24-25,27-30,32-33,43H,9-10,15-16,19-23H2,1-5H3,(H2-,37,38,39,44)/p+1/t27-,28+,29+,30-,32+,33-,41?/m0/s1. The maximum Gasteiger partial charge on any atom is 0.338 e. The first kappa shape index (κ1) is 34.6. The Morgan fingerprint density at radius 3 is 2.33 bits per heavy atom. The lowest BCUT2D eigenvalue weighted by atomic mass is 9.72. The van der Waals surface area contributed by atoms with Crippen molar-refractivity contribution >= 4 is 24.0 Å². The van der Waals surface area contributed by atoms with Gasteiger partial charge in [-0.05, 0) is 76.0 Å². The van der Waals surface area contributed by atoms with E-state index in [2.05, 4.69) is 10.3 Å². The minimum atomic E-state index is -0.992. The molecule has 2 fully saturated rings. The van der Waals surface area contributed by atoms with E-state index in [-0.39, 0.29) is 29.3 Å². The Morgan fingerprint density at radius 2 is 1.76 bits per heavy atom. The lowest BCUT2D eigenvalue weighted by Crippen LogP contribution is -2.75. The van der Waals surface area contributed by atoms with Gasteiger partial charge in [0.2, 0.25) is 12.3 Å². The van der Waals surface area contributed by atoms with Gasteiger partial charge in [0.15, 0.2) is 6.17 Å². The number of fused-ring (bicyclic) bond motifs is 1. The van der Waals surface area contributed by atoms with Crippen molar-refractivity contribution in [2.24, 2.45) is 29.4 Å². The van der Waals surface area contributed by atoms with Gasteiger partial charge in [0.1, 0.15) is 24.5 Å². The van der Waals surface area contributed by atoms with Crippen LogP contribution < -0.4 is 11.1 Å². The molecule has 2 aromatic rings. The summed E-state index contributed by atoms with van der Waals surface area (Å²) in [5.41, 5.74) is 6.30. The number of anilines is 1. The number of likely N-dealkylation sites (tertiary alicyclic amines) is 1. The van der Waals surface area contributed by atoms with Crippen LogP contribution in [0.25, 0.3) is 0 Å². The number of amides is 3. The van der Waals surface area contributed by atoms with Crippen molar-refractivity contribution in [2.75, 3.05) is 18.4 Å². The SMILES string of the molecule is CC(C)[C@H](Nc1ccccn1)C(=O)[N+]1(C[C@@H](O)C[C@@H](Cc2ccccc2)C(N)=O)C[C@H]2CCCC[C@H]2C[C@@H]1N(C=O)C(C)(C)C. The van der Waals surface area contributed by atoms with E-state index in [1.807, 2.05) is 88.0 Å². The van der Waals surface area contributed by atoms with Gasteiger partial charge in [0.25, 0.3) is 0 Å². The fraction of sp³-hybridized carbons (Fsp3) is 0.611. The monoisotopic (exact) mass is 620 g/mol. The average molecular weight is 621 g/mol. The average Bonchev–Trinajstić information content (AvgIpc) is 3.00. The lowest BCUT2D eigenvalue weighted by Gasteiger charge is -2.57. The maximum atomic E-state index is 15.3. The van der Waals surface area contributed by atoms with Crippen molar-refractivity contribution in [3.05, 3.63) is 60.3 Å². The second-order valence-corrected chi connectivity index (χ2v) is 14.7. The van der Waals surface area contributed by atoms with E-state index in [9.17, 15) is 14.7 Å². The van der Waals surface area contributed by atoms with Crippen LogP contribution >= 0.6 is 0 Å². The van der Waals surface area contributed by atoms with Crippen LogP contribution in [0.5, 0.6) is 0 Å². The number of rotatable bonds is 13. The molecule has 0 radical (unpaired) electrons. The number of carbonyl (C=O) groups is 3. The van der Waals surface area contributed by atoms with Crippen LogP contribution in [0.1, 0.15) is 78.7 Å². The molecule has 2 aliphatic rings. The topological polar surface area (TPSA) is 126 Å². The molecule has 1 aliphatic carbocycles. The quantitative estimate of drug-likeness (QED) is 0.219. The summed E-state index contributed by atoms with van der Waals surface area (Å²) in [4.78, 5) is 47.1. The molecule has 9 nitrogen and oxygen atoms in total. The molecular weight excluding hydrogens is 566 g/mol. The number of primary amides is 1. The number of aliphatic hydroxyl groups excluding tert-OH is 1. The molecule has 1 saturated carbocycles. The van der Waals surface area contributed by atoms with Crippen LogP contribution in [-0.2, 0) is 20.8 Å². The Morgan fingerprint density at radius 1 is 1.09 bits per heavy atom. The molecule has 1 saturated heterocycles. The highest BCUT2D eigenvalue weighted by Gasteiger charge is 2.58. The number of hydrogen-bond donors (Lipinski definition) is 3. The van der Waals surface area contributed by atoms with Crippen molar-refractivity contribution in [3.8, 4) is 0 Å². The lowest BCUT2D eigenvalue weighted by molar-refractivity contribution is -0.905. The number of nitrogens with two attached hydrogens (primary N) is 1. The van der Waals surface area contributed by atoms with E-state index in [1.54, 1.807) is 6.20 Å². The first-order chi connectivity index (χ1) is 21.4. The summed E-state index contributed by atoms with van der Waals surface area (Å²) in [6.45, 7) is 10.7. The van der Waals surface area contributed by atoms with Crippen molar-refractivity contribution < 1.29 is 24.0 Å². The van der Waals surface area contributed by atoms with Gasteiger partial charge in [-0.25, -0.2) is 14.3 Å². The molecule has 246 valence electrons. The van der Waals surface area contributed by atoms with Crippen molar-refractivity contribution in [1.29, 1.82) is 0 Å². The highest BCUT2D eigenvalue weighted by molar-refractivity contribution is 5.79. The van der Waals surface area contributed by atoms with Crippen LogP contribution in [0, 0.1) is 23.7 Å². The molecule has 2 heterocycles. The largest absolute Gasteiger partial charge is 0.387 e. The van der Waals surface area contributed by atoms with Gasteiger partial charge in [-0.2, -0.15) is 0 Å². The van der Waals surface area contributed by atoms with Crippen LogP contribution in [-0.4, -0.2) is 74.6 Å². The Kier molecular flexibility index (Phi) is 11.4. The second kappa shape index (κ2) is 14.9. The number of carbonyl (C=O) groups excluding carboxylic acids is 3. The summed E-state index contributed by atoms with van der Waals surface area (Å²) in [6.07, 6.45) is 6.73. The fourth-order valence-electron chi connectivity index (χ4n) is 7.77. The molecule has 1 aromatic carbocycles. The summed E-state index contributed by atoms with van der Waals surface area (Å²) >= 11 is 0. The van der Waals surface area contributed by atoms with Gasteiger partial charge in [-0.1, -0.05) is 63.1 Å². The van der Waals surface area contributed by atoms with Crippen LogP contribution in [0.2, 0.25) is 0 Å². The number of nitrogens with one attached hydrogen (secondary N) is 1. The second-order valence-electron chi connectivity index (χ2n) is 14.7. The van der Waals surface area contributed by atoms with E-state index in [1.165, 1.54) is 0 Å². The third-order valence-electron chi connectivity index (χ3n) is 10.1. The molecule has 1 aromatic heterocycles. The third kappa shape index (κ3) is 8.30. The molecule has 4 rings (SSSR count). The Balaban J connectivity index is 1.78. The number of piperidine rings is 1. The molecule has 4 N–H and O–H groups in total. The molecule has 0 spiro atoms. The number of aliphatic hydroxyl groups is 1. The number of benzene rings is 1. The highest BCUT2D eigenvalue weighted by Crippen LogP contribution is 2.45. The number of nitrogens with zero attached hydrogens (tertiary/aromatic N) is 3. The van der Waals surface area contributed by atoms with Gasteiger partial charge in [0.05, 0.1) is 6.54 Å². The van der Waals surface area contributed by atoms with Crippen LogP contribution in [0.3, 0.4) is 0 Å². The molecule has 1 unspecified atom stereocenters. The first-order valence-corrected chi connectivity index (χ1v) is 16.7. The molecule has 1 aliphatic heterocycles. The van der Waals surface area contributed by atoms with Gasteiger partial charge in [-0.15, -0.1) is 0 Å². The number of quaternary nitrogens is 1. The summed E-state index contributed by atoms with van der Waals surface area (Å²) in [5.74, 6) is 0.0960. The zero-order valence-electron chi connectivity index (χ0n) is 27.8. The summed E-state index contributed by atoms with van der Waals surface area (Å²) < 4.78 is -0.0577. The third-order valence-corrected chi connectivity index (χ3v) is 10.1. The molecule has 3 amide bonds. The summed E-state index contributed by atoms with van der Waals surface area (Å²) in [6, 6.07) is 14.6. The van der Waals surface area contributed by atoms with Crippen LogP contribution in [0.4, 0.5) is 5.82 Å². The Hall–Kier alpha value is -3.30. The molecular formula is C36H54N5O4+. The normalized spacial score (nSPS) is 25.4. The minimum absolute atomic E-state index is 0.0569. The predicted octanol–water partition coefficient (Wildman–Crippen LogP) is 4.75. The van der Waals surface area contributed by atoms with Crippen LogP contribution in [0.15, 0.2) is 54.7 Å². The zero-order valence-corrected chi connectivity index (χ0v) is 27.8. The Labute approximate surface area is 269 Å². The Bertz CT molecular complexity index is 1270. The first-order valence-electron chi connectivity index (χ1n) is 16.7. The fourth-order valence-corrected chi connectivity index (χ4v) is 7.77. The summed E-state index contributed by atoms with van der Waals surface area (Å²) in [5, 5.41) is 15.3. The molecule has 9 heteroatoms. The zero-order chi connectivity index (χ0) is 32.8. The summed E-state index contributed by atoms with van der Waals surface area (Å²) in [7, 11) is 0. The molecule has 0 bridgehead atoms. The molecule has 45 heavy (non-hydrogen) atoms. The number of hydrogen-bond acceptors (Lipinski definition) is 6. The van der Waals surface area contributed by atoms with Crippen molar-refractivity contribution in [2.45, 2.75) is 103 Å². The van der Waals surface area contributed by atoms with E-state index in [0.717, 1.165) is 37.7 Å². The molecule has 7 atom stereocenters. The van der Waals surface area contributed by atoms with Gasteiger partial charge < -0.3 is 16.2 Å². The number of aromatic nitrogens is 1. The van der Waals surface area contributed by atoms with Crippen molar-refractivity contribution in [3.63, 3.8) is 0 Å². The number of pyridine rings is 1. The van der Waals surface area contributed by atoms with Gasteiger partial charge in [-0.3, -0.25) is 14.5 Å². The van der Waals surface area contributed by atoms with E-state index in [4.69, 9.17) is 5.73 Å². The smallest absolute Gasteiger partial charge is 0.338 e. The minimum Gasteiger partial charge on any atom is -0.387 e. The maximum absolute atomic E-state index is 15.3. The van der Waals surface area contributed by atoms with E-state index < -0.39 is 35.7 Å². The van der Waals surface area contributed by atoms with E-state index >= 15 is 4.79 Å². The predicted molar refractivity (Wildman–Crippen MR) is 176 cm³/mol. The van der Waals surface area contributed by atoms with Gasteiger partial charge >= 0.3 is 5.91 Å².